The molecule has 0 bridgehead atoms. The van der Waals surface area contributed by atoms with Crippen LogP contribution < -0.4 is 5.32 Å². The highest BCUT2D eigenvalue weighted by atomic mass is 15.1. The van der Waals surface area contributed by atoms with Crippen molar-refractivity contribution in [3.8, 4) is 22.3 Å². The fourth-order valence-electron chi connectivity index (χ4n) is 6.65. The molecule has 3 aromatic rings. The van der Waals surface area contributed by atoms with Crippen LogP contribution in [0, 0.1) is 18.8 Å². The van der Waals surface area contributed by atoms with E-state index in [4.69, 9.17) is 0 Å². The maximum atomic E-state index is 3.65. The average molecular weight is 747 g/mol. The second kappa shape index (κ2) is 24.4. The Labute approximate surface area is 342 Å². The van der Waals surface area contributed by atoms with Crippen LogP contribution in [-0.2, 0) is 0 Å². The van der Waals surface area contributed by atoms with Gasteiger partial charge in [0.2, 0.25) is 0 Å². The van der Waals surface area contributed by atoms with Gasteiger partial charge in [0, 0.05) is 29.3 Å². The largest absolute Gasteiger partial charge is 0.356 e. The van der Waals surface area contributed by atoms with Crippen molar-refractivity contribution in [3.63, 3.8) is 0 Å². The van der Waals surface area contributed by atoms with E-state index in [0.29, 0.717) is 11.8 Å². The predicted molar refractivity (Wildman–Crippen MR) is 251 cm³/mol. The van der Waals surface area contributed by atoms with Crippen LogP contribution in [0.25, 0.3) is 27.8 Å². The van der Waals surface area contributed by atoms with Crippen LogP contribution in [0.1, 0.15) is 106 Å². The van der Waals surface area contributed by atoms with Crippen molar-refractivity contribution >= 4 is 11.3 Å². The lowest BCUT2D eigenvalue weighted by Crippen LogP contribution is -2.20. The quantitative estimate of drug-likeness (QED) is 0.0915. The van der Waals surface area contributed by atoms with Crippen molar-refractivity contribution in [1.29, 1.82) is 0 Å². The molecular weight excluding hydrogens is 677 g/mol. The van der Waals surface area contributed by atoms with E-state index in [1.807, 2.05) is 0 Å². The zero-order valence-electron chi connectivity index (χ0n) is 36.5. The Morgan fingerprint density at radius 3 is 2.12 bits per heavy atom. The lowest BCUT2D eigenvalue weighted by atomic mass is 9.89. The number of hydrogen-bond donors (Lipinski definition) is 1. The van der Waals surface area contributed by atoms with Crippen molar-refractivity contribution in [2.45, 2.75) is 102 Å². The second-order valence-electron chi connectivity index (χ2n) is 15.0. The molecule has 0 spiro atoms. The maximum absolute atomic E-state index is 3.65. The first kappa shape index (κ1) is 45.3. The van der Waals surface area contributed by atoms with E-state index in [0.717, 1.165) is 43.6 Å². The van der Waals surface area contributed by atoms with Gasteiger partial charge in [-0.3, -0.25) is 0 Å². The van der Waals surface area contributed by atoms with Gasteiger partial charge in [0.1, 0.15) is 0 Å². The van der Waals surface area contributed by atoms with Crippen LogP contribution in [-0.4, -0.2) is 11.4 Å². The molecule has 0 saturated heterocycles. The standard InChI is InChI=1S/C54H70N2/c1-12-25-43(8)26-24-28-46(11)56(50(16-5)36-34-42(7)14-3)37-23-17-18-27-45(10)51-29-19-21-31-53(51)54-32-22-20-30-52(54)47-38-44(9)39-49(40-47)55-48(15-4)35-33-41(6)13-2/h12-13,15-17,19-23,25,27-36,38-40,42-43,55H,14,18,24,26,37H2,1-11H3/b23-17-,25-12-,35-33-,36-34-,41-13-,45-27+,46-28+,48-15+,50-16+. The summed E-state index contributed by atoms with van der Waals surface area (Å²) in [5.74, 6) is 1.15. The Bertz CT molecular complexity index is 1970. The van der Waals surface area contributed by atoms with E-state index >= 15 is 0 Å². The van der Waals surface area contributed by atoms with Crippen molar-refractivity contribution in [2.75, 3.05) is 11.9 Å². The SMILES string of the molecule is C/C=C\C(C)CC/C=C(\C)N(C/C=C\C/C=C(\C)c1ccccc1-c1ccccc1-c1cc(C)cc(NC(/C=C\C(C)=C/C)=C/C)c1)C(/C=C\C(C)CC)=C/C. The van der Waals surface area contributed by atoms with Gasteiger partial charge in [0.25, 0.3) is 0 Å². The highest BCUT2D eigenvalue weighted by Crippen LogP contribution is 2.37. The topological polar surface area (TPSA) is 15.3 Å². The molecule has 3 aromatic carbocycles. The fraction of sp³-hybridized carbons (Fsp3) is 0.333. The first-order chi connectivity index (χ1) is 27.0. The summed E-state index contributed by atoms with van der Waals surface area (Å²) >= 11 is 0. The fourth-order valence-corrected chi connectivity index (χ4v) is 6.65. The second-order valence-corrected chi connectivity index (χ2v) is 15.0. The molecule has 2 atom stereocenters. The summed E-state index contributed by atoms with van der Waals surface area (Å²) in [6.45, 7) is 24.9. The number of anilines is 1. The van der Waals surface area contributed by atoms with Gasteiger partial charge in [-0.05, 0) is 150 Å². The summed E-state index contributed by atoms with van der Waals surface area (Å²) in [7, 11) is 0. The van der Waals surface area contributed by atoms with Gasteiger partial charge < -0.3 is 10.2 Å². The van der Waals surface area contributed by atoms with Crippen molar-refractivity contribution < 1.29 is 0 Å². The molecule has 0 fully saturated rings. The highest BCUT2D eigenvalue weighted by molar-refractivity contribution is 5.90. The summed E-state index contributed by atoms with van der Waals surface area (Å²) < 4.78 is 0. The monoisotopic (exact) mass is 747 g/mol. The van der Waals surface area contributed by atoms with Crippen molar-refractivity contribution in [3.05, 3.63) is 180 Å². The smallest absolute Gasteiger partial charge is 0.0408 e. The van der Waals surface area contributed by atoms with Gasteiger partial charge in [0.15, 0.2) is 0 Å². The number of hydrogen-bond acceptors (Lipinski definition) is 2. The highest BCUT2D eigenvalue weighted by Gasteiger charge is 2.13. The lowest BCUT2D eigenvalue weighted by Gasteiger charge is -2.26. The maximum Gasteiger partial charge on any atom is 0.0408 e. The molecule has 56 heavy (non-hydrogen) atoms. The van der Waals surface area contributed by atoms with E-state index in [2.05, 4.69) is 232 Å². The summed E-state index contributed by atoms with van der Waals surface area (Å²) in [6.07, 6.45) is 33.5. The van der Waals surface area contributed by atoms with Crippen molar-refractivity contribution in [1.82, 2.24) is 4.90 Å². The third-order valence-corrected chi connectivity index (χ3v) is 10.4. The number of nitrogens with one attached hydrogen (secondary N) is 1. The minimum atomic E-state index is 0.555. The summed E-state index contributed by atoms with van der Waals surface area (Å²) in [5, 5.41) is 3.65. The zero-order chi connectivity index (χ0) is 40.9. The van der Waals surface area contributed by atoms with Crippen LogP contribution in [0.5, 0.6) is 0 Å². The normalized spacial score (nSPS) is 14.8. The van der Waals surface area contributed by atoms with E-state index in [1.54, 1.807) is 0 Å². The van der Waals surface area contributed by atoms with Crippen LogP contribution in [0.2, 0.25) is 0 Å². The molecule has 2 unspecified atom stereocenters. The minimum Gasteiger partial charge on any atom is -0.356 e. The molecule has 2 heteroatoms. The molecule has 0 aromatic heterocycles. The van der Waals surface area contributed by atoms with Crippen LogP contribution in [0.3, 0.4) is 0 Å². The zero-order valence-corrected chi connectivity index (χ0v) is 36.5. The van der Waals surface area contributed by atoms with Gasteiger partial charge in [-0.2, -0.15) is 0 Å². The molecule has 2 nitrogen and oxygen atoms in total. The molecule has 296 valence electrons. The molecule has 0 aliphatic carbocycles. The third-order valence-electron chi connectivity index (χ3n) is 10.4. The van der Waals surface area contributed by atoms with E-state index in [9.17, 15) is 0 Å². The third kappa shape index (κ3) is 14.5. The van der Waals surface area contributed by atoms with Crippen LogP contribution >= 0.6 is 0 Å². The molecule has 1 N–H and O–H groups in total. The summed E-state index contributed by atoms with van der Waals surface area (Å²) in [5.41, 5.74) is 14.6. The van der Waals surface area contributed by atoms with Gasteiger partial charge >= 0.3 is 0 Å². The Hall–Kier alpha value is -5.08. The van der Waals surface area contributed by atoms with Crippen molar-refractivity contribution in [2.24, 2.45) is 11.8 Å². The molecule has 3 rings (SSSR count). The minimum absolute atomic E-state index is 0.555. The molecular formula is C54H70N2. The van der Waals surface area contributed by atoms with Gasteiger partial charge in [-0.1, -0.05) is 154 Å². The first-order valence-corrected chi connectivity index (χ1v) is 20.8. The number of rotatable bonds is 20. The van der Waals surface area contributed by atoms with Gasteiger partial charge in [-0.25, -0.2) is 0 Å². The summed E-state index contributed by atoms with van der Waals surface area (Å²) in [6, 6.07) is 24.4. The molecule has 0 radical (unpaired) electrons. The van der Waals surface area contributed by atoms with Gasteiger partial charge in [0.05, 0.1) is 0 Å². The molecule has 0 amide bonds. The molecule has 0 saturated carbocycles. The molecule has 0 aliphatic rings. The number of benzene rings is 3. The first-order valence-electron chi connectivity index (χ1n) is 20.8. The average Bonchev–Trinajstić information content (AvgIpc) is 3.20. The van der Waals surface area contributed by atoms with Crippen LogP contribution in [0.4, 0.5) is 5.69 Å². The van der Waals surface area contributed by atoms with E-state index < -0.39 is 0 Å². The molecule has 0 aliphatic heterocycles. The van der Waals surface area contributed by atoms with E-state index in [-0.39, 0.29) is 0 Å². The Balaban J connectivity index is 1.88. The summed E-state index contributed by atoms with van der Waals surface area (Å²) in [4.78, 5) is 2.45. The van der Waals surface area contributed by atoms with Crippen LogP contribution in [0.15, 0.2) is 168 Å². The number of nitrogens with zero attached hydrogens (tertiary/aromatic N) is 1. The predicted octanol–water partition coefficient (Wildman–Crippen LogP) is 16.2. The Morgan fingerprint density at radius 2 is 1.45 bits per heavy atom. The van der Waals surface area contributed by atoms with E-state index in [1.165, 1.54) is 55.9 Å². The Morgan fingerprint density at radius 1 is 0.732 bits per heavy atom. The number of aryl methyl sites for hydroxylation is 1. The van der Waals surface area contributed by atoms with Gasteiger partial charge in [-0.15, -0.1) is 0 Å². The lowest BCUT2D eigenvalue weighted by molar-refractivity contribution is 0.481. The molecule has 0 heterocycles. The number of allylic oxidation sites excluding steroid dienone is 15. The Kier molecular flexibility index (Phi) is 19.8.